The third kappa shape index (κ3) is 5.08. The van der Waals surface area contributed by atoms with Crippen LogP contribution in [0.25, 0.3) is 11.0 Å². The molecule has 2 aliphatic carbocycles. The predicted octanol–water partition coefficient (Wildman–Crippen LogP) is 4.26. The summed E-state index contributed by atoms with van der Waals surface area (Å²) in [5, 5.41) is 20.3. The van der Waals surface area contributed by atoms with Crippen LogP contribution in [0.5, 0.6) is 0 Å². The van der Waals surface area contributed by atoms with Crippen molar-refractivity contribution >= 4 is 29.8 Å². The highest BCUT2D eigenvalue weighted by Gasteiger charge is 2.56. The van der Waals surface area contributed by atoms with Crippen LogP contribution in [0.1, 0.15) is 62.4 Å². The molecule has 1 atom stereocenters. The van der Waals surface area contributed by atoms with Gasteiger partial charge in [-0.25, -0.2) is 4.98 Å². The number of anilines is 1. The van der Waals surface area contributed by atoms with E-state index in [1.54, 1.807) is 0 Å². The fourth-order valence-corrected chi connectivity index (χ4v) is 6.20. The average Bonchev–Trinajstić information content (AvgIpc) is 3.60. The third-order valence-electron chi connectivity index (χ3n) is 7.87. The Morgan fingerprint density at radius 3 is 2.33 bits per heavy atom. The lowest BCUT2D eigenvalue weighted by molar-refractivity contribution is -0.115. The highest BCUT2D eigenvalue weighted by Crippen LogP contribution is 2.60. The van der Waals surface area contributed by atoms with Crippen LogP contribution in [-0.4, -0.2) is 53.1 Å². The number of nitrogens with zero attached hydrogens (tertiary/aromatic N) is 2. The maximum atomic E-state index is 12.0. The third-order valence-corrected chi connectivity index (χ3v) is 7.87. The number of carbonyl (C=O) groups excluding carboxylic acids is 2. The second kappa shape index (κ2) is 11.8. The average molecular weight is 494 g/mol. The Balaban J connectivity index is 0.000000861. The van der Waals surface area contributed by atoms with Crippen molar-refractivity contribution in [3.05, 3.63) is 59.4 Å². The first-order valence-corrected chi connectivity index (χ1v) is 12.6. The van der Waals surface area contributed by atoms with E-state index in [-0.39, 0.29) is 17.1 Å². The molecule has 7 heteroatoms. The minimum atomic E-state index is -0.350. The summed E-state index contributed by atoms with van der Waals surface area (Å²) in [4.78, 5) is 25.2. The molecule has 0 radical (unpaired) electrons. The van der Waals surface area contributed by atoms with Crippen molar-refractivity contribution in [2.75, 3.05) is 19.5 Å². The fraction of sp³-hybridized carbons (Fsp3) is 0.483. The molecular weight excluding hydrogens is 454 g/mol. The topological polar surface area (TPSA) is 104 Å². The standard InChI is InChI=1S/C27H33N3O2.CH4O.CH2O/c1-19(32)8-9-21-22(28-2)10-11-23-25(21)29-24(16-20-6-4-3-5-7-20)30(23)27-14-12-26(17-27,18-31)13-15-27;2*1-2/h3-7,10-11,18-19,28,32H,8-9,12-17H2,1-2H3;2H,1H3;1H2. The summed E-state index contributed by atoms with van der Waals surface area (Å²) in [5.74, 6) is 1.08. The zero-order valence-corrected chi connectivity index (χ0v) is 21.7. The van der Waals surface area contributed by atoms with Crippen LogP contribution in [0.4, 0.5) is 5.69 Å². The van der Waals surface area contributed by atoms with Gasteiger partial charge in [-0.05, 0) is 69.6 Å². The molecule has 1 aromatic heterocycles. The molecule has 0 aliphatic heterocycles. The Labute approximate surface area is 213 Å². The van der Waals surface area contributed by atoms with Crippen LogP contribution in [-0.2, 0) is 28.0 Å². The predicted molar refractivity (Wildman–Crippen MR) is 143 cm³/mol. The number of aliphatic hydroxyl groups excluding tert-OH is 2. The van der Waals surface area contributed by atoms with Crippen LogP contribution in [0.2, 0.25) is 0 Å². The maximum absolute atomic E-state index is 12.0. The molecule has 2 aliphatic rings. The highest BCUT2D eigenvalue weighted by atomic mass is 16.3. The molecule has 1 heterocycles. The van der Waals surface area contributed by atoms with E-state index in [4.69, 9.17) is 14.9 Å². The Morgan fingerprint density at radius 1 is 1.11 bits per heavy atom. The van der Waals surface area contributed by atoms with E-state index in [2.05, 4.69) is 46.3 Å². The molecule has 2 aromatic carbocycles. The van der Waals surface area contributed by atoms with Gasteiger partial charge in [0.15, 0.2) is 0 Å². The number of aromatic nitrogens is 2. The lowest BCUT2D eigenvalue weighted by atomic mass is 9.85. The number of aliphatic hydroxyl groups is 2. The van der Waals surface area contributed by atoms with Crippen molar-refractivity contribution < 1.29 is 19.8 Å². The molecular formula is C29H39N3O4. The van der Waals surface area contributed by atoms with E-state index in [0.717, 1.165) is 69.1 Å². The lowest BCUT2D eigenvalue weighted by Crippen LogP contribution is -2.30. The molecule has 3 aromatic rings. The van der Waals surface area contributed by atoms with Gasteiger partial charge in [-0.15, -0.1) is 0 Å². The molecule has 36 heavy (non-hydrogen) atoms. The van der Waals surface area contributed by atoms with Gasteiger partial charge in [0.2, 0.25) is 0 Å². The van der Waals surface area contributed by atoms with Crippen LogP contribution >= 0.6 is 0 Å². The molecule has 3 N–H and O–H groups in total. The van der Waals surface area contributed by atoms with Gasteiger partial charge in [-0.2, -0.15) is 0 Å². The fourth-order valence-electron chi connectivity index (χ4n) is 6.20. The van der Waals surface area contributed by atoms with Gasteiger partial charge in [0, 0.05) is 42.8 Å². The second-order valence-electron chi connectivity index (χ2n) is 10.0. The smallest absolute Gasteiger partial charge is 0.126 e. The molecule has 2 bridgehead atoms. The molecule has 5 rings (SSSR count). The highest BCUT2D eigenvalue weighted by molar-refractivity contribution is 5.86. The van der Waals surface area contributed by atoms with E-state index in [1.807, 2.05) is 26.8 Å². The van der Waals surface area contributed by atoms with Crippen molar-refractivity contribution in [3.63, 3.8) is 0 Å². The number of carbonyl (C=O) groups is 2. The molecule has 1 unspecified atom stereocenters. The monoisotopic (exact) mass is 493 g/mol. The van der Waals surface area contributed by atoms with Gasteiger partial charge in [0.25, 0.3) is 0 Å². The molecule has 0 amide bonds. The van der Waals surface area contributed by atoms with E-state index in [0.29, 0.717) is 6.42 Å². The van der Waals surface area contributed by atoms with Crippen LogP contribution in [0.3, 0.4) is 0 Å². The number of rotatable bonds is 8. The number of hydrogen-bond acceptors (Lipinski definition) is 6. The van der Waals surface area contributed by atoms with Crippen molar-refractivity contribution in [1.29, 1.82) is 0 Å². The summed E-state index contributed by atoms with van der Waals surface area (Å²) in [7, 11) is 2.94. The van der Waals surface area contributed by atoms with Crippen LogP contribution < -0.4 is 5.32 Å². The SMILES string of the molecule is C=O.CNc1ccc2c(nc(Cc3ccccc3)n2C23CCC(C=O)(CC2)C3)c1CCC(C)O.CO. The number of aryl methyl sites for hydroxylation is 1. The molecule has 0 spiro atoms. The number of fused-ring (bicyclic) bond motifs is 3. The van der Waals surface area contributed by atoms with E-state index >= 15 is 0 Å². The zero-order valence-electron chi connectivity index (χ0n) is 21.7. The van der Waals surface area contributed by atoms with E-state index in [9.17, 15) is 9.90 Å². The first-order chi connectivity index (χ1) is 17.5. The molecule has 2 saturated carbocycles. The Morgan fingerprint density at radius 2 is 1.78 bits per heavy atom. The second-order valence-corrected chi connectivity index (χ2v) is 10.0. The van der Waals surface area contributed by atoms with Gasteiger partial charge in [-0.3, -0.25) is 0 Å². The van der Waals surface area contributed by atoms with Crippen LogP contribution in [0.15, 0.2) is 42.5 Å². The first-order valence-electron chi connectivity index (χ1n) is 12.6. The molecule has 0 saturated heterocycles. The van der Waals surface area contributed by atoms with Crippen molar-refractivity contribution in [3.8, 4) is 0 Å². The minimum absolute atomic E-state index is 0.0253. The van der Waals surface area contributed by atoms with E-state index < -0.39 is 0 Å². The lowest BCUT2D eigenvalue weighted by Gasteiger charge is -2.31. The summed E-state index contributed by atoms with van der Waals surface area (Å²) >= 11 is 0. The van der Waals surface area contributed by atoms with Crippen molar-refractivity contribution in [1.82, 2.24) is 9.55 Å². The van der Waals surface area contributed by atoms with Gasteiger partial charge < -0.3 is 29.7 Å². The normalized spacial score (nSPS) is 22.8. The number of nitrogens with one attached hydrogen (secondary N) is 1. The minimum Gasteiger partial charge on any atom is -0.400 e. The molecule has 194 valence electrons. The van der Waals surface area contributed by atoms with Gasteiger partial charge in [0.05, 0.1) is 17.1 Å². The van der Waals surface area contributed by atoms with E-state index in [1.165, 1.54) is 22.9 Å². The largest absolute Gasteiger partial charge is 0.400 e. The Bertz CT molecular complexity index is 1150. The maximum Gasteiger partial charge on any atom is 0.126 e. The number of imidazole rings is 1. The quantitative estimate of drug-likeness (QED) is 0.405. The summed E-state index contributed by atoms with van der Waals surface area (Å²) < 4.78 is 2.50. The number of aldehydes is 1. The summed E-state index contributed by atoms with van der Waals surface area (Å²) in [6.45, 7) is 3.84. The van der Waals surface area contributed by atoms with Crippen LogP contribution in [0, 0.1) is 5.41 Å². The Kier molecular flexibility index (Phi) is 9.03. The summed E-state index contributed by atoms with van der Waals surface area (Å²) in [5.41, 5.74) is 5.52. The van der Waals surface area contributed by atoms with Gasteiger partial charge in [0.1, 0.15) is 18.9 Å². The molecule has 7 nitrogen and oxygen atoms in total. The Hall–Kier alpha value is -3.03. The van der Waals surface area contributed by atoms with Crippen molar-refractivity contribution in [2.45, 2.75) is 69.9 Å². The van der Waals surface area contributed by atoms with Crippen molar-refractivity contribution in [2.24, 2.45) is 5.41 Å². The number of benzene rings is 2. The zero-order chi connectivity index (χ0) is 26.3. The first kappa shape index (κ1) is 27.6. The number of hydrogen-bond donors (Lipinski definition) is 3. The molecule has 2 fully saturated rings. The van der Waals surface area contributed by atoms with Gasteiger partial charge >= 0.3 is 0 Å². The summed E-state index contributed by atoms with van der Waals surface area (Å²) in [6.07, 6.45) is 8.08. The van der Waals surface area contributed by atoms with Gasteiger partial charge in [-0.1, -0.05) is 30.3 Å². The summed E-state index contributed by atoms with van der Waals surface area (Å²) in [6, 6.07) is 14.9.